The Morgan fingerprint density at radius 2 is 2.12 bits per heavy atom. The van der Waals surface area contributed by atoms with Gasteiger partial charge in [0.15, 0.2) is 0 Å². The average Bonchev–Trinajstić information content (AvgIpc) is 2.69. The van der Waals surface area contributed by atoms with E-state index in [4.69, 9.17) is 5.84 Å². The van der Waals surface area contributed by atoms with Crippen LogP contribution in [0.4, 0.5) is 0 Å². The first-order valence-electron chi connectivity index (χ1n) is 5.10. The van der Waals surface area contributed by atoms with Crippen molar-refractivity contribution in [2.24, 2.45) is 12.9 Å². The molecule has 0 amide bonds. The van der Waals surface area contributed by atoms with Crippen molar-refractivity contribution in [2.45, 2.75) is 13.0 Å². The maximum Gasteiger partial charge on any atom is 0.0897 e. The summed E-state index contributed by atoms with van der Waals surface area (Å²) in [6.45, 7) is 2.06. The van der Waals surface area contributed by atoms with Gasteiger partial charge in [0.25, 0.3) is 0 Å². The van der Waals surface area contributed by atoms with E-state index >= 15 is 0 Å². The van der Waals surface area contributed by atoms with Gasteiger partial charge in [-0.15, -0.1) is 5.10 Å². The molecule has 84 valence electrons. The van der Waals surface area contributed by atoms with E-state index in [0.717, 1.165) is 11.3 Å². The topological polar surface area (TPSA) is 68.8 Å². The predicted octanol–water partition coefficient (Wildman–Crippen LogP) is 0.676. The number of aromatic nitrogens is 3. The fourth-order valence-electron chi connectivity index (χ4n) is 1.80. The number of aryl methyl sites for hydroxylation is 2. The Kier molecular flexibility index (Phi) is 2.98. The quantitative estimate of drug-likeness (QED) is 0.586. The molecule has 0 saturated heterocycles. The molecule has 1 heterocycles. The molecule has 2 rings (SSSR count). The minimum absolute atomic E-state index is 0.0822. The number of benzene rings is 1. The summed E-state index contributed by atoms with van der Waals surface area (Å²) in [5, 5.41) is 7.77. The highest BCUT2D eigenvalue weighted by atomic mass is 15.4. The fraction of sp³-hybridized carbons (Fsp3) is 0.273. The Balaban J connectivity index is 2.45. The Labute approximate surface area is 94.2 Å². The monoisotopic (exact) mass is 217 g/mol. The SMILES string of the molecule is Cc1ccccc1C(NN)c1cnnn1C. The van der Waals surface area contributed by atoms with Crippen LogP contribution < -0.4 is 11.3 Å². The number of hydrazine groups is 1. The lowest BCUT2D eigenvalue weighted by Gasteiger charge is -2.17. The smallest absolute Gasteiger partial charge is 0.0897 e. The standard InChI is InChI=1S/C11H15N5/c1-8-5-3-4-6-9(8)11(14-12)10-7-13-15-16(10)2/h3-7,11,14H,12H2,1-2H3. The molecule has 0 aliphatic heterocycles. The van der Waals surface area contributed by atoms with Gasteiger partial charge in [0.2, 0.25) is 0 Å². The van der Waals surface area contributed by atoms with E-state index in [9.17, 15) is 0 Å². The van der Waals surface area contributed by atoms with Crippen LogP contribution in [0.25, 0.3) is 0 Å². The maximum atomic E-state index is 5.61. The molecule has 0 radical (unpaired) electrons. The number of rotatable bonds is 3. The van der Waals surface area contributed by atoms with Crippen LogP contribution in [0.2, 0.25) is 0 Å². The van der Waals surface area contributed by atoms with E-state index in [-0.39, 0.29) is 6.04 Å². The molecule has 1 aromatic heterocycles. The van der Waals surface area contributed by atoms with Crippen molar-refractivity contribution in [1.29, 1.82) is 0 Å². The molecule has 5 nitrogen and oxygen atoms in total. The highest BCUT2D eigenvalue weighted by Gasteiger charge is 2.17. The molecule has 16 heavy (non-hydrogen) atoms. The normalized spacial score (nSPS) is 12.7. The summed E-state index contributed by atoms with van der Waals surface area (Å²) >= 11 is 0. The number of nitrogens with two attached hydrogens (primary N) is 1. The van der Waals surface area contributed by atoms with Crippen molar-refractivity contribution < 1.29 is 0 Å². The molecule has 0 spiro atoms. The highest BCUT2D eigenvalue weighted by Crippen LogP contribution is 2.22. The fourth-order valence-corrected chi connectivity index (χ4v) is 1.80. The summed E-state index contributed by atoms with van der Waals surface area (Å²) in [7, 11) is 1.85. The molecule has 0 aliphatic rings. The second-order valence-corrected chi connectivity index (χ2v) is 3.74. The lowest BCUT2D eigenvalue weighted by molar-refractivity contribution is 0.568. The van der Waals surface area contributed by atoms with Gasteiger partial charge < -0.3 is 0 Å². The number of hydrogen-bond donors (Lipinski definition) is 2. The molecule has 0 saturated carbocycles. The van der Waals surface area contributed by atoms with Gasteiger partial charge in [0.05, 0.1) is 17.9 Å². The third-order valence-corrected chi connectivity index (χ3v) is 2.71. The summed E-state index contributed by atoms with van der Waals surface area (Å²) in [5.41, 5.74) is 6.06. The van der Waals surface area contributed by atoms with Crippen molar-refractivity contribution in [3.05, 3.63) is 47.3 Å². The molecule has 1 unspecified atom stereocenters. The van der Waals surface area contributed by atoms with Crippen LogP contribution in [0.1, 0.15) is 22.9 Å². The van der Waals surface area contributed by atoms with Crippen LogP contribution in [-0.2, 0) is 7.05 Å². The summed E-state index contributed by atoms with van der Waals surface area (Å²) in [4.78, 5) is 0. The van der Waals surface area contributed by atoms with Gasteiger partial charge in [0, 0.05) is 7.05 Å². The summed E-state index contributed by atoms with van der Waals surface area (Å²) < 4.78 is 1.72. The Morgan fingerprint density at radius 1 is 1.38 bits per heavy atom. The average molecular weight is 217 g/mol. The van der Waals surface area contributed by atoms with Crippen molar-refractivity contribution in [2.75, 3.05) is 0 Å². The van der Waals surface area contributed by atoms with Crippen LogP contribution in [0.5, 0.6) is 0 Å². The summed E-state index contributed by atoms with van der Waals surface area (Å²) in [6, 6.07) is 8.03. The maximum absolute atomic E-state index is 5.61. The van der Waals surface area contributed by atoms with Gasteiger partial charge in [-0.3, -0.25) is 10.5 Å². The Bertz CT molecular complexity index is 477. The molecular formula is C11H15N5. The van der Waals surface area contributed by atoms with Gasteiger partial charge >= 0.3 is 0 Å². The zero-order chi connectivity index (χ0) is 11.5. The summed E-state index contributed by atoms with van der Waals surface area (Å²) in [5.74, 6) is 5.61. The van der Waals surface area contributed by atoms with E-state index in [0.29, 0.717) is 0 Å². The molecule has 0 fully saturated rings. The Hall–Kier alpha value is -1.72. The van der Waals surface area contributed by atoms with Gasteiger partial charge in [-0.2, -0.15) is 0 Å². The first-order chi connectivity index (χ1) is 7.74. The zero-order valence-electron chi connectivity index (χ0n) is 9.38. The van der Waals surface area contributed by atoms with Crippen LogP contribution in [0, 0.1) is 6.92 Å². The lowest BCUT2D eigenvalue weighted by atomic mass is 10.00. The van der Waals surface area contributed by atoms with E-state index in [1.807, 2.05) is 25.2 Å². The van der Waals surface area contributed by atoms with E-state index in [1.165, 1.54) is 5.56 Å². The van der Waals surface area contributed by atoms with E-state index in [1.54, 1.807) is 10.9 Å². The highest BCUT2D eigenvalue weighted by molar-refractivity contribution is 5.33. The van der Waals surface area contributed by atoms with Gasteiger partial charge in [-0.05, 0) is 18.1 Å². The number of nitrogens with one attached hydrogen (secondary N) is 1. The minimum Gasteiger partial charge on any atom is -0.271 e. The van der Waals surface area contributed by atoms with Crippen LogP contribution in [0.3, 0.4) is 0 Å². The first kappa shape index (κ1) is 10.8. The second-order valence-electron chi connectivity index (χ2n) is 3.74. The molecule has 1 aromatic carbocycles. The van der Waals surface area contributed by atoms with Crippen LogP contribution in [-0.4, -0.2) is 15.0 Å². The van der Waals surface area contributed by atoms with Crippen LogP contribution in [0.15, 0.2) is 30.5 Å². The second kappa shape index (κ2) is 4.42. The largest absolute Gasteiger partial charge is 0.271 e. The first-order valence-corrected chi connectivity index (χ1v) is 5.10. The third kappa shape index (κ3) is 1.82. The molecule has 2 aromatic rings. The van der Waals surface area contributed by atoms with Gasteiger partial charge in [0.1, 0.15) is 0 Å². The Morgan fingerprint density at radius 3 is 2.69 bits per heavy atom. The van der Waals surface area contributed by atoms with Crippen molar-refractivity contribution >= 4 is 0 Å². The van der Waals surface area contributed by atoms with Crippen molar-refractivity contribution in [1.82, 2.24) is 20.4 Å². The molecule has 0 aliphatic carbocycles. The zero-order valence-corrected chi connectivity index (χ0v) is 9.38. The molecular weight excluding hydrogens is 202 g/mol. The molecule has 0 bridgehead atoms. The van der Waals surface area contributed by atoms with E-state index < -0.39 is 0 Å². The predicted molar refractivity (Wildman–Crippen MR) is 61.3 cm³/mol. The summed E-state index contributed by atoms with van der Waals surface area (Å²) in [6.07, 6.45) is 1.72. The third-order valence-electron chi connectivity index (χ3n) is 2.71. The van der Waals surface area contributed by atoms with Gasteiger partial charge in [-0.25, -0.2) is 5.43 Å². The minimum atomic E-state index is -0.0822. The lowest BCUT2D eigenvalue weighted by Crippen LogP contribution is -2.30. The molecule has 3 N–H and O–H groups in total. The number of hydrogen-bond acceptors (Lipinski definition) is 4. The molecule has 5 heteroatoms. The van der Waals surface area contributed by atoms with E-state index in [2.05, 4.69) is 28.7 Å². The van der Waals surface area contributed by atoms with Crippen molar-refractivity contribution in [3.8, 4) is 0 Å². The van der Waals surface area contributed by atoms with Gasteiger partial charge in [-0.1, -0.05) is 29.5 Å². The van der Waals surface area contributed by atoms with Crippen molar-refractivity contribution in [3.63, 3.8) is 0 Å². The number of nitrogens with zero attached hydrogens (tertiary/aromatic N) is 3. The van der Waals surface area contributed by atoms with Crippen LogP contribution >= 0.6 is 0 Å². The molecule has 1 atom stereocenters.